The van der Waals surface area contributed by atoms with Crippen LogP contribution >= 0.6 is 11.3 Å². The van der Waals surface area contributed by atoms with Crippen LogP contribution in [0.2, 0.25) is 0 Å². The molecular formula is C13H23N3S. The maximum atomic E-state index is 4.48. The summed E-state index contributed by atoms with van der Waals surface area (Å²) in [5, 5.41) is 10.4. The summed E-state index contributed by atoms with van der Waals surface area (Å²) in [7, 11) is 0. The Morgan fingerprint density at radius 2 is 2.24 bits per heavy atom. The van der Waals surface area contributed by atoms with Gasteiger partial charge in [-0.2, -0.15) is 0 Å². The van der Waals surface area contributed by atoms with Crippen LogP contribution in [0.3, 0.4) is 0 Å². The molecule has 1 saturated heterocycles. The van der Waals surface area contributed by atoms with E-state index >= 15 is 0 Å². The first-order chi connectivity index (χ1) is 8.18. The van der Waals surface area contributed by atoms with E-state index < -0.39 is 0 Å². The Balaban J connectivity index is 1.65. The zero-order valence-electron chi connectivity index (χ0n) is 10.9. The molecule has 1 aromatic rings. The predicted molar refractivity (Wildman–Crippen MR) is 73.6 cm³/mol. The molecule has 0 radical (unpaired) electrons. The van der Waals surface area contributed by atoms with Crippen molar-refractivity contribution >= 4 is 11.3 Å². The first kappa shape index (κ1) is 13.0. The lowest BCUT2D eigenvalue weighted by Gasteiger charge is -2.34. The molecule has 1 fully saturated rings. The molecule has 2 heterocycles. The quantitative estimate of drug-likeness (QED) is 0.788. The van der Waals surface area contributed by atoms with Gasteiger partial charge in [-0.1, -0.05) is 6.92 Å². The molecule has 1 aliphatic heterocycles. The number of nitrogens with zero attached hydrogens (tertiary/aromatic N) is 1. The number of hydrogen-bond donors (Lipinski definition) is 2. The van der Waals surface area contributed by atoms with E-state index in [1.807, 2.05) is 0 Å². The fraction of sp³-hybridized carbons (Fsp3) is 0.769. The second kappa shape index (κ2) is 5.94. The number of piperidine rings is 1. The van der Waals surface area contributed by atoms with Crippen molar-refractivity contribution in [3.8, 4) is 0 Å². The first-order valence-electron chi connectivity index (χ1n) is 6.50. The number of aromatic nitrogens is 1. The summed E-state index contributed by atoms with van der Waals surface area (Å²) in [5.74, 6) is 0. The van der Waals surface area contributed by atoms with Crippen LogP contribution in [0.4, 0.5) is 0 Å². The zero-order chi connectivity index (χ0) is 12.1. The minimum Gasteiger partial charge on any atom is -0.317 e. The highest BCUT2D eigenvalue weighted by molar-refractivity contribution is 7.09. The molecule has 3 nitrogen and oxygen atoms in total. The van der Waals surface area contributed by atoms with E-state index in [1.54, 1.807) is 11.3 Å². The molecule has 0 spiro atoms. The van der Waals surface area contributed by atoms with Crippen LogP contribution in [-0.4, -0.2) is 31.2 Å². The SMILES string of the molecule is Cc1csc(CCNCC2(C)CCNCC2)n1. The van der Waals surface area contributed by atoms with Crippen molar-refractivity contribution in [2.24, 2.45) is 5.41 Å². The Morgan fingerprint density at radius 1 is 1.47 bits per heavy atom. The Labute approximate surface area is 108 Å². The highest BCUT2D eigenvalue weighted by Gasteiger charge is 2.25. The van der Waals surface area contributed by atoms with Gasteiger partial charge in [0, 0.05) is 30.6 Å². The summed E-state index contributed by atoms with van der Waals surface area (Å²) in [5.41, 5.74) is 1.64. The first-order valence-corrected chi connectivity index (χ1v) is 7.38. The molecule has 0 bridgehead atoms. The molecule has 4 heteroatoms. The molecule has 2 N–H and O–H groups in total. The van der Waals surface area contributed by atoms with Gasteiger partial charge < -0.3 is 10.6 Å². The van der Waals surface area contributed by atoms with Crippen LogP contribution in [0.25, 0.3) is 0 Å². The van der Waals surface area contributed by atoms with Crippen LogP contribution in [0.1, 0.15) is 30.5 Å². The Morgan fingerprint density at radius 3 is 2.88 bits per heavy atom. The second-order valence-electron chi connectivity index (χ2n) is 5.37. The average molecular weight is 253 g/mol. The summed E-state index contributed by atoms with van der Waals surface area (Å²) in [6.07, 6.45) is 3.64. The monoisotopic (exact) mass is 253 g/mol. The predicted octanol–water partition coefficient (Wildman–Crippen LogP) is 1.97. The summed E-state index contributed by atoms with van der Waals surface area (Å²) >= 11 is 1.77. The van der Waals surface area contributed by atoms with Gasteiger partial charge in [0.1, 0.15) is 0 Å². The van der Waals surface area contributed by atoms with E-state index in [9.17, 15) is 0 Å². The van der Waals surface area contributed by atoms with Gasteiger partial charge in [0.25, 0.3) is 0 Å². The largest absolute Gasteiger partial charge is 0.317 e. The minimum absolute atomic E-state index is 0.490. The van der Waals surface area contributed by atoms with Crippen molar-refractivity contribution in [2.45, 2.75) is 33.1 Å². The molecule has 0 amide bonds. The number of hydrogen-bond acceptors (Lipinski definition) is 4. The number of nitrogens with one attached hydrogen (secondary N) is 2. The third kappa shape index (κ3) is 4.05. The van der Waals surface area contributed by atoms with Crippen molar-refractivity contribution in [3.05, 3.63) is 16.1 Å². The lowest BCUT2D eigenvalue weighted by atomic mass is 9.81. The van der Waals surface area contributed by atoms with Crippen molar-refractivity contribution < 1.29 is 0 Å². The van der Waals surface area contributed by atoms with Crippen molar-refractivity contribution in [2.75, 3.05) is 26.2 Å². The molecule has 17 heavy (non-hydrogen) atoms. The molecule has 0 atom stereocenters. The lowest BCUT2D eigenvalue weighted by molar-refractivity contribution is 0.221. The van der Waals surface area contributed by atoms with E-state index in [0.29, 0.717) is 5.41 Å². The molecule has 1 aromatic heterocycles. The number of aryl methyl sites for hydroxylation is 1. The summed E-state index contributed by atoms with van der Waals surface area (Å²) in [6.45, 7) is 8.99. The van der Waals surface area contributed by atoms with Crippen LogP contribution in [0.5, 0.6) is 0 Å². The van der Waals surface area contributed by atoms with Gasteiger partial charge in [0.2, 0.25) is 0 Å². The topological polar surface area (TPSA) is 37.0 Å². The fourth-order valence-corrected chi connectivity index (χ4v) is 3.09. The Hall–Kier alpha value is -0.450. The van der Waals surface area contributed by atoms with Gasteiger partial charge >= 0.3 is 0 Å². The molecule has 1 aliphatic rings. The van der Waals surface area contributed by atoms with Gasteiger partial charge in [-0.3, -0.25) is 0 Å². The highest BCUT2D eigenvalue weighted by Crippen LogP contribution is 2.26. The minimum atomic E-state index is 0.490. The standard InChI is InChI=1S/C13H23N3S/c1-11-9-17-12(16-11)3-6-15-10-13(2)4-7-14-8-5-13/h9,14-15H,3-8,10H2,1-2H3. The maximum absolute atomic E-state index is 4.48. The van der Waals surface area contributed by atoms with Crippen LogP contribution in [-0.2, 0) is 6.42 Å². The third-order valence-corrected chi connectivity index (χ3v) is 4.57. The fourth-order valence-electron chi connectivity index (χ4n) is 2.31. The molecule has 96 valence electrons. The Bertz CT molecular complexity index is 342. The normalized spacial score (nSPS) is 19.4. The smallest absolute Gasteiger partial charge is 0.0940 e. The van der Waals surface area contributed by atoms with Crippen molar-refractivity contribution in [1.29, 1.82) is 0 Å². The summed E-state index contributed by atoms with van der Waals surface area (Å²) in [4.78, 5) is 4.48. The van der Waals surface area contributed by atoms with Crippen molar-refractivity contribution in [3.63, 3.8) is 0 Å². The third-order valence-electron chi connectivity index (χ3n) is 3.54. The van der Waals surface area contributed by atoms with Gasteiger partial charge in [-0.05, 0) is 38.3 Å². The average Bonchev–Trinajstić information content (AvgIpc) is 2.72. The molecule has 2 rings (SSSR count). The van der Waals surface area contributed by atoms with E-state index in [4.69, 9.17) is 0 Å². The van der Waals surface area contributed by atoms with Gasteiger partial charge in [-0.15, -0.1) is 11.3 Å². The van der Waals surface area contributed by atoms with E-state index in [0.717, 1.165) is 25.2 Å². The van der Waals surface area contributed by atoms with Gasteiger partial charge in [-0.25, -0.2) is 4.98 Å². The second-order valence-corrected chi connectivity index (χ2v) is 6.31. The molecule has 0 aliphatic carbocycles. The number of thiazole rings is 1. The highest BCUT2D eigenvalue weighted by atomic mass is 32.1. The zero-order valence-corrected chi connectivity index (χ0v) is 11.7. The van der Waals surface area contributed by atoms with E-state index in [1.165, 1.54) is 30.9 Å². The molecular weight excluding hydrogens is 230 g/mol. The molecule has 0 saturated carbocycles. The van der Waals surface area contributed by atoms with Gasteiger partial charge in [0.15, 0.2) is 0 Å². The maximum Gasteiger partial charge on any atom is 0.0940 e. The summed E-state index contributed by atoms with van der Waals surface area (Å²) in [6, 6.07) is 0. The van der Waals surface area contributed by atoms with Crippen molar-refractivity contribution in [1.82, 2.24) is 15.6 Å². The van der Waals surface area contributed by atoms with Crippen LogP contribution in [0.15, 0.2) is 5.38 Å². The lowest BCUT2D eigenvalue weighted by Crippen LogP contribution is -2.41. The van der Waals surface area contributed by atoms with E-state index in [2.05, 4.69) is 34.8 Å². The number of rotatable bonds is 5. The molecule has 0 aromatic carbocycles. The Kier molecular flexibility index (Phi) is 4.54. The van der Waals surface area contributed by atoms with Crippen LogP contribution in [0, 0.1) is 12.3 Å². The summed E-state index contributed by atoms with van der Waals surface area (Å²) < 4.78 is 0. The van der Waals surface area contributed by atoms with E-state index in [-0.39, 0.29) is 0 Å². The van der Waals surface area contributed by atoms with Crippen LogP contribution < -0.4 is 10.6 Å². The molecule has 0 unspecified atom stereocenters. The van der Waals surface area contributed by atoms with Gasteiger partial charge in [0.05, 0.1) is 5.01 Å².